The highest BCUT2D eigenvalue weighted by molar-refractivity contribution is 6.09. The molecule has 0 radical (unpaired) electrons. The minimum Gasteiger partial charge on any atom is -0.460 e. The van der Waals surface area contributed by atoms with Crippen LogP contribution in [0.2, 0.25) is 0 Å². The van der Waals surface area contributed by atoms with Gasteiger partial charge in [-0.15, -0.1) is 0 Å². The Kier molecular flexibility index (Phi) is 40.1. The standard InChI is InChI=1S/C25H26N6O12.C20H14N6O10.C20H18N6O10.C9H19NO2/c1-25(2,3)43-24(36)29(4)14-13-26-21(27-22(34)41-19(32)15-5-9-17(10-6-15)30(37)38)28-23(35)42-20(33)16-7-11-18(12-8-16)31(39)40;27-17(13-2-6-15(7-3-13)25(30)31)35-20(29)23-19(24-11-1-10-22-24)21-12-34-36-18(28)14-4-8-16(9-5-14)26(32)33;1-21-10-11-22-18(23-19(29)35-16(27)12-2-6-14(7-3-12)25(31)32)24-20(30)36-17(28)13-4-8-15(9-5-13)26(33)34;1-7(5-6-10)8(11)12-9(2,3)4/h5-12H,13-14H2,1-4H3,(H2,26,27,28,34,35);1-12,19H,(H,23,29);2-9,21H,10-11H2,1H3,(H2,22,23,24,29,30);7H,5-6,10H2,1-4H3. The van der Waals surface area contributed by atoms with E-state index < -0.39 is 126 Å². The van der Waals surface area contributed by atoms with Crippen LogP contribution in [-0.2, 0) is 47.7 Å². The Bertz CT molecular complexity index is 5060. The minimum absolute atomic E-state index is 0.0379. The highest BCUT2D eigenvalue weighted by Crippen LogP contribution is 2.21. The number of nitro benzene ring substituents is 6. The maximum atomic E-state index is 12.3. The van der Waals surface area contributed by atoms with Gasteiger partial charge in [0, 0.05) is 105 Å². The Morgan fingerprint density at radius 2 is 0.764 bits per heavy atom. The molecule has 7 rings (SSSR count). The summed E-state index contributed by atoms with van der Waals surface area (Å²) in [5.41, 5.74) is 1.62. The van der Waals surface area contributed by atoms with Gasteiger partial charge in [-0.3, -0.25) is 107 Å². The molecule has 6 aromatic carbocycles. The normalized spacial score (nSPS) is 10.9. The first-order chi connectivity index (χ1) is 59.8. The molecule has 0 spiro atoms. The van der Waals surface area contributed by atoms with E-state index in [0.717, 1.165) is 155 Å². The number of nitro groups is 6. The second-order valence-corrected chi connectivity index (χ2v) is 26.4. The van der Waals surface area contributed by atoms with Crippen LogP contribution in [0, 0.1) is 66.6 Å². The second kappa shape index (κ2) is 50.0. The lowest BCUT2D eigenvalue weighted by atomic mass is 10.1. The molecule has 53 nitrogen and oxygen atoms in total. The SMILES string of the molecule is CC(CCN)C(=O)OC(C)(C)C.CN(CCN=C(NC(=O)OC(=O)c1ccc([N+](=O)[O-])cc1)NC(=O)OC(=O)c1ccc([N+](=O)[O-])cc1)C(=O)OC(C)(C)C.CNCCN=C(NC(=O)OC(=O)c1ccc([N+](=O)[O-])cc1)NC(=O)OC(=O)c1ccc([N+](=O)[O-])cc1.O=C(NC(N=COOC(=O)c1ccc([N+](=O)[O-])cc1)n1cccn1)OC(=O)c1ccc([N+](=O)[O-])cc1. The molecule has 1 heterocycles. The highest BCUT2D eigenvalue weighted by Gasteiger charge is 2.27. The van der Waals surface area contributed by atoms with Gasteiger partial charge in [0.1, 0.15) is 11.2 Å². The Morgan fingerprint density at radius 1 is 0.465 bits per heavy atom. The van der Waals surface area contributed by atoms with E-state index in [1.165, 1.54) is 25.5 Å². The molecule has 6 amide bonds. The summed E-state index contributed by atoms with van der Waals surface area (Å²) in [6, 6.07) is 27.1. The molecule has 0 saturated heterocycles. The predicted molar refractivity (Wildman–Crippen MR) is 431 cm³/mol. The zero-order valence-corrected chi connectivity index (χ0v) is 67.9. The van der Waals surface area contributed by atoms with Gasteiger partial charge >= 0.3 is 78.3 Å². The van der Waals surface area contributed by atoms with Gasteiger partial charge in [-0.25, -0.2) is 72.1 Å². The van der Waals surface area contributed by atoms with Gasteiger partial charge < -0.3 is 49.1 Å². The number of aliphatic imine (C=N–C) groups is 3. The molecule has 7 aromatic rings. The molecule has 0 aliphatic rings. The van der Waals surface area contributed by atoms with Gasteiger partial charge in [-0.05, 0) is 140 Å². The summed E-state index contributed by atoms with van der Waals surface area (Å²) in [5.74, 6) is -8.18. The number of likely N-dealkylation sites (N-methyl/N-ethyl adjacent to an activating group) is 2. The summed E-state index contributed by atoms with van der Waals surface area (Å²) in [6.45, 7) is 13.0. The Hall–Kier alpha value is -17.4. The molecule has 2 atom stereocenters. The number of carbonyl (C=O) groups is 13. The molecule has 8 N–H and O–H groups in total. The van der Waals surface area contributed by atoms with Gasteiger partial charge in [0.25, 0.3) is 34.1 Å². The van der Waals surface area contributed by atoms with Crippen molar-refractivity contribution < 1.29 is 135 Å². The molecular weight excluding hydrogens is 1700 g/mol. The third-order valence-electron chi connectivity index (χ3n) is 14.5. The van der Waals surface area contributed by atoms with E-state index in [-0.39, 0.29) is 105 Å². The molecule has 0 aliphatic heterocycles. The van der Waals surface area contributed by atoms with Crippen molar-refractivity contribution in [1.29, 1.82) is 0 Å². The fourth-order valence-corrected chi connectivity index (χ4v) is 8.46. The fraction of sp³-hybridized carbons (Fsp3) is 0.257. The number of benzene rings is 6. The van der Waals surface area contributed by atoms with Gasteiger partial charge in [0.15, 0.2) is 0 Å². The van der Waals surface area contributed by atoms with E-state index in [1.54, 1.807) is 27.8 Å². The fourth-order valence-electron chi connectivity index (χ4n) is 8.46. The van der Waals surface area contributed by atoms with E-state index in [4.69, 9.17) is 15.2 Å². The number of aromatic nitrogens is 2. The van der Waals surface area contributed by atoms with Crippen molar-refractivity contribution >= 4 is 131 Å². The van der Waals surface area contributed by atoms with E-state index in [9.17, 15) is 123 Å². The Morgan fingerprint density at radius 3 is 1.04 bits per heavy atom. The average Bonchev–Trinajstić information content (AvgIpc) is 1.86. The van der Waals surface area contributed by atoms with Gasteiger partial charge in [0.2, 0.25) is 24.6 Å². The number of hydrogen-bond donors (Lipinski definition) is 7. The summed E-state index contributed by atoms with van der Waals surface area (Å²) in [6.07, 6.45) is -4.69. The van der Waals surface area contributed by atoms with Crippen molar-refractivity contribution in [3.63, 3.8) is 0 Å². The van der Waals surface area contributed by atoms with E-state index in [1.807, 2.05) is 49.0 Å². The van der Waals surface area contributed by atoms with Crippen LogP contribution < -0.4 is 37.6 Å². The number of guanidine groups is 2. The third-order valence-corrected chi connectivity index (χ3v) is 14.5. The van der Waals surface area contributed by atoms with E-state index >= 15 is 0 Å². The first kappa shape index (κ1) is 102. The zero-order valence-electron chi connectivity index (χ0n) is 67.9. The quantitative estimate of drug-likeness (QED) is 0.00307. The van der Waals surface area contributed by atoms with Crippen LogP contribution in [-0.4, -0.2) is 199 Å². The Labute approximate surface area is 713 Å². The Balaban J connectivity index is 0.000000375. The number of nitrogens with one attached hydrogen (secondary N) is 6. The number of hydrogen-bond acceptors (Lipinski definition) is 40. The molecule has 672 valence electrons. The largest absolute Gasteiger partial charge is 0.460 e. The summed E-state index contributed by atoms with van der Waals surface area (Å²) in [4.78, 5) is 239. The van der Waals surface area contributed by atoms with Crippen LogP contribution in [0.25, 0.3) is 0 Å². The number of carbonyl (C=O) groups excluding carboxylic acids is 13. The van der Waals surface area contributed by atoms with Crippen LogP contribution in [0.15, 0.2) is 179 Å². The van der Waals surface area contributed by atoms with Crippen molar-refractivity contribution in [2.24, 2.45) is 26.6 Å². The van der Waals surface area contributed by atoms with Crippen molar-refractivity contribution in [2.75, 3.05) is 46.8 Å². The number of amides is 6. The lowest BCUT2D eigenvalue weighted by molar-refractivity contribution is -0.385. The van der Waals surface area contributed by atoms with Crippen LogP contribution in [0.1, 0.15) is 123 Å². The molecule has 0 fully saturated rings. The molecule has 1 aromatic heterocycles. The topological polar surface area (TPSA) is 720 Å². The molecule has 0 bridgehead atoms. The molecular formula is C74H77N19O34. The summed E-state index contributed by atoms with van der Waals surface area (Å²) < 4.78 is 34.5. The molecule has 2 unspecified atom stereocenters. The van der Waals surface area contributed by atoms with Gasteiger partial charge in [0.05, 0.1) is 81.9 Å². The van der Waals surface area contributed by atoms with Crippen LogP contribution in [0.5, 0.6) is 0 Å². The smallest absolute Gasteiger partial charge is 0.421 e. The number of alkyl carbamates (subject to hydrolysis) is 5. The number of non-ortho nitro benzene ring substituents is 6. The second-order valence-electron chi connectivity index (χ2n) is 26.4. The third kappa shape index (κ3) is 37.8. The van der Waals surface area contributed by atoms with Crippen molar-refractivity contribution in [2.45, 2.75) is 72.4 Å². The van der Waals surface area contributed by atoms with E-state index in [2.05, 4.69) is 64.2 Å². The first-order valence-electron chi connectivity index (χ1n) is 35.9. The van der Waals surface area contributed by atoms with Gasteiger partial charge in [-0.1, -0.05) is 6.92 Å². The van der Waals surface area contributed by atoms with Crippen LogP contribution in [0.3, 0.4) is 0 Å². The summed E-state index contributed by atoms with van der Waals surface area (Å²) >= 11 is 0. The molecule has 53 heteroatoms. The van der Waals surface area contributed by atoms with E-state index in [0.29, 0.717) is 25.9 Å². The summed E-state index contributed by atoms with van der Waals surface area (Å²) in [5, 5.41) is 81.1. The highest BCUT2D eigenvalue weighted by atomic mass is 17.2. The van der Waals surface area contributed by atoms with Crippen molar-refractivity contribution in [1.82, 2.24) is 46.6 Å². The lowest BCUT2D eigenvalue weighted by Crippen LogP contribution is -2.45. The van der Waals surface area contributed by atoms with Crippen LogP contribution >= 0.6 is 0 Å². The molecule has 0 saturated carbocycles. The monoisotopic (exact) mass is 1780 g/mol. The zero-order chi connectivity index (χ0) is 94.8. The number of esters is 6. The number of nitrogens with two attached hydrogens (primary N) is 1. The molecule has 127 heavy (non-hydrogen) atoms. The number of rotatable bonds is 26. The maximum absolute atomic E-state index is 12.3. The number of nitrogens with zero attached hydrogens (tertiary/aromatic N) is 12. The van der Waals surface area contributed by atoms with Crippen LogP contribution in [0.4, 0.5) is 62.9 Å². The average molecular weight is 1780 g/mol. The number of ether oxygens (including phenoxy) is 7. The maximum Gasteiger partial charge on any atom is 0.421 e. The lowest BCUT2D eigenvalue weighted by Gasteiger charge is -2.24. The van der Waals surface area contributed by atoms with Crippen molar-refractivity contribution in [3.8, 4) is 0 Å². The van der Waals surface area contributed by atoms with Gasteiger partial charge in [-0.2, -0.15) is 5.10 Å². The minimum atomic E-state index is -1.44. The predicted octanol–water partition coefficient (Wildman–Crippen LogP) is 8.52. The molecule has 0 aliphatic carbocycles. The van der Waals surface area contributed by atoms with Crippen molar-refractivity contribution in [3.05, 3.63) is 258 Å². The first-order valence-corrected chi connectivity index (χ1v) is 35.9. The summed E-state index contributed by atoms with van der Waals surface area (Å²) in [7, 11) is 3.02.